The first-order valence-corrected chi connectivity index (χ1v) is 11.1. The van der Waals surface area contributed by atoms with Crippen LogP contribution < -0.4 is 10.2 Å². The Labute approximate surface area is 185 Å². The largest absolute Gasteiger partial charge is 0.369 e. The normalized spacial score (nSPS) is 15.5. The van der Waals surface area contributed by atoms with Gasteiger partial charge in [-0.3, -0.25) is 9.69 Å². The van der Waals surface area contributed by atoms with E-state index in [2.05, 4.69) is 76.6 Å². The lowest BCUT2D eigenvalue weighted by atomic mass is 9.97. The summed E-state index contributed by atoms with van der Waals surface area (Å²) < 4.78 is 0. The summed E-state index contributed by atoms with van der Waals surface area (Å²) >= 11 is 0. The molecule has 160 valence electrons. The molecule has 4 heteroatoms. The first-order valence-electron chi connectivity index (χ1n) is 11.1. The van der Waals surface area contributed by atoms with Crippen molar-refractivity contribution in [3.05, 3.63) is 96.1 Å². The van der Waals surface area contributed by atoms with Crippen LogP contribution in [0.2, 0.25) is 0 Å². The zero-order valence-corrected chi connectivity index (χ0v) is 18.2. The van der Waals surface area contributed by atoms with Gasteiger partial charge in [0.25, 0.3) is 0 Å². The Kier molecular flexibility index (Phi) is 7.00. The van der Waals surface area contributed by atoms with Gasteiger partial charge in [-0.25, -0.2) is 0 Å². The highest BCUT2D eigenvalue weighted by Gasteiger charge is 2.17. The molecular formula is C27H31N3O. The van der Waals surface area contributed by atoms with E-state index in [0.29, 0.717) is 6.42 Å². The fourth-order valence-electron chi connectivity index (χ4n) is 4.15. The van der Waals surface area contributed by atoms with Crippen LogP contribution >= 0.6 is 0 Å². The number of amides is 1. The van der Waals surface area contributed by atoms with E-state index < -0.39 is 0 Å². The lowest BCUT2D eigenvalue weighted by molar-refractivity contribution is -0.116. The summed E-state index contributed by atoms with van der Waals surface area (Å²) in [5.41, 5.74) is 4.64. The molecule has 1 amide bonds. The van der Waals surface area contributed by atoms with Gasteiger partial charge in [0, 0.05) is 50.5 Å². The average Bonchev–Trinajstić information content (AvgIpc) is 2.81. The molecular weight excluding hydrogens is 382 g/mol. The van der Waals surface area contributed by atoms with Gasteiger partial charge in [-0.1, -0.05) is 67.6 Å². The Balaban J connectivity index is 1.25. The van der Waals surface area contributed by atoms with E-state index in [-0.39, 0.29) is 11.8 Å². The molecule has 0 aromatic heterocycles. The van der Waals surface area contributed by atoms with E-state index in [1.807, 2.05) is 30.3 Å². The smallest absolute Gasteiger partial charge is 0.224 e. The van der Waals surface area contributed by atoms with Crippen molar-refractivity contribution in [2.24, 2.45) is 0 Å². The van der Waals surface area contributed by atoms with Crippen LogP contribution in [-0.2, 0) is 11.3 Å². The second-order valence-corrected chi connectivity index (χ2v) is 8.36. The molecule has 0 aliphatic carbocycles. The lowest BCUT2D eigenvalue weighted by Crippen LogP contribution is -2.45. The Hall–Kier alpha value is -3.11. The molecule has 3 aromatic carbocycles. The standard InChI is InChI=1S/C27H31N3O/c1-22(24-10-6-3-7-11-24)20-27(31)28-25-12-14-26(15-13-25)30-18-16-29(17-19-30)21-23-8-4-2-5-9-23/h2-15,22H,16-21H2,1H3,(H,28,31). The summed E-state index contributed by atoms with van der Waals surface area (Å²) in [5, 5.41) is 3.04. The van der Waals surface area contributed by atoms with Crippen LogP contribution in [0, 0.1) is 0 Å². The molecule has 3 aromatic rings. The zero-order chi connectivity index (χ0) is 21.5. The third-order valence-corrected chi connectivity index (χ3v) is 6.00. The van der Waals surface area contributed by atoms with Gasteiger partial charge in [0.2, 0.25) is 5.91 Å². The zero-order valence-electron chi connectivity index (χ0n) is 18.2. The number of hydrogen-bond acceptors (Lipinski definition) is 3. The van der Waals surface area contributed by atoms with Gasteiger partial charge < -0.3 is 10.2 Å². The summed E-state index contributed by atoms with van der Waals surface area (Å²) in [6.45, 7) is 7.27. The minimum Gasteiger partial charge on any atom is -0.369 e. The SMILES string of the molecule is CC(CC(=O)Nc1ccc(N2CCN(Cc3ccccc3)CC2)cc1)c1ccccc1. The van der Waals surface area contributed by atoms with E-state index in [9.17, 15) is 4.79 Å². The Morgan fingerprint density at radius 3 is 2.10 bits per heavy atom. The van der Waals surface area contributed by atoms with Crippen LogP contribution in [-0.4, -0.2) is 37.0 Å². The predicted octanol–water partition coefficient (Wildman–Crippen LogP) is 5.14. The molecule has 1 saturated heterocycles. The van der Waals surface area contributed by atoms with Crippen molar-refractivity contribution < 1.29 is 4.79 Å². The number of piperazine rings is 1. The van der Waals surface area contributed by atoms with Gasteiger partial charge in [-0.05, 0) is 41.3 Å². The number of rotatable bonds is 7. The second-order valence-electron chi connectivity index (χ2n) is 8.36. The van der Waals surface area contributed by atoms with Crippen molar-refractivity contribution in [2.75, 3.05) is 36.4 Å². The third kappa shape index (κ3) is 5.96. The summed E-state index contributed by atoms with van der Waals surface area (Å²) in [6, 6.07) is 29.1. The van der Waals surface area contributed by atoms with Crippen molar-refractivity contribution >= 4 is 17.3 Å². The number of nitrogens with one attached hydrogen (secondary N) is 1. The molecule has 0 spiro atoms. The van der Waals surface area contributed by atoms with Crippen LogP contribution in [0.15, 0.2) is 84.9 Å². The molecule has 4 rings (SSSR count). The molecule has 1 N–H and O–H groups in total. The maximum Gasteiger partial charge on any atom is 0.224 e. The Morgan fingerprint density at radius 1 is 0.839 bits per heavy atom. The Morgan fingerprint density at radius 2 is 1.45 bits per heavy atom. The minimum absolute atomic E-state index is 0.0543. The van der Waals surface area contributed by atoms with E-state index in [1.165, 1.54) is 16.8 Å². The van der Waals surface area contributed by atoms with Crippen molar-refractivity contribution in [1.82, 2.24) is 4.90 Å². The number of benzene rings is 3. The van der Waals surface area contributed by atoms with Crippen molar-refractivity contribution in [3.63, 3.8) is 0 Å². The van der Waals surface area contributed by atoms with Gasteiger partial charge in [-0.15, -0.1) is 0 Å². The van der Waals surface area contributed by atoms with E-state index in [4.69, 9.17) is 0 Å². The molecule has 1 aliphatic heterocycles. The number of nitrogens with zero attached hydrogens (tertiary/aromatic N) is 2. The topological polar surface area (TPSA) is 35.6 Å². The molecule has 1 atom stereocenters. The van der Waals surface area contributed by atoms with Gasteiger partial charge >= 0.3 is 0 Å². The third-order valence-electron chi connectivity index (χ3n) is 6.00. The molecule has 1 unspecified atom stereocenters. The molecule has 31 heavy (non-hydrogen) atoms. The van der Waals surface area contributed by atoms with Crippen molar-refractivity contribution in [1.29, 1.82) is 0 Å². The molecule has 1 fully saturated rings. The highest BCUT2D eigenvalue weighted by Crippen LogP contribution is 2.22. The first-order chi connectivity index (χ1) is 15.2. The summed E-state index contributed by atoms with van der Waals surface area (Å²) in [7, 11) is 0. The average molecular weight is 414 g/mol. The highest BCUT2D eigenvalue weighted by molar-refractivity contribution is 5.91. The highest BCUT2D eigenvalue weighted by atomic mass is 16.1. The van der Waals surface area contributed by atoms with Crippen LogP contribution in [0.1, 0.15) is 30.4 Å². The van der Waals surface area contributed by atoms with Crippen molar-refractivity contribution in [3.8, 4) is 0 Å². The van der Waals surface area contributed by atoms with Crippen molar-refractivity contribution in [2.45, 2.75) is 25.8 Å². The van der Waals surface area contributed by atoms with E-state index >= 15 is 0 Å². The Bertz CT molecular complexity index is 949. The quantitative estimate of drug-likeness (QED) is 0.582. The molecule has 4 nitrogen and oxygen atoms in total. The maximum absolute atomic E-state index is 12.4. The van der Waals surface area contributed by atoms with E-state index in [0.717, 1.165) is 38.4 Å². The predicted molar refractivity (Wildman–Crippen MR) is 128 cm³/mol. The monoisotopic (exact) mass is 413 g/mol. The van der Waals surface area contributed by atoms with Crippen LogP contribution in [0.5, 0.6) is 0 Å². The fourth-order valence-corrected chi connectivity index (χ4v) is 4.15. The molecule has 0 bridgehead atoms. The number of carbonyl (C=O) groups excluding carboxylic acids is 1. The minimum atomic E-state index is 0.0543. The molecule has 0 radical (unpaired) electrons. The first kappa shape index (κ1) is 21.1. The van der Waals surface area contributed by atoms with Crippen LogP contribution in [0.3, 0.4) is 0 Å². The van der Waals surface area contributed by atoms with Crippen LogP contribution in [0.25, 0.3) is 0 Å². The molecule has 1 aliphatic rings. The van der Waals surface area contributed by atoms with Gasteiger partial charge in [0.15, 0.2) is 0 Å². The summed E-state index contributed by atoms with van der Waals surface area (Å²) in [6.07, 6.45) is 0.481. The number of hydrogen-bond donors (Lipinski definition) is 1. The fraction of sp³-hybridized carbons (Fsp3) is 0.296. The van der Waals surface area contributed by atoms with Gasteiger partial charge in [0.1, 0.15) is 0 Å². The second kappa shape index (κ2) is 10.3. The number of anilines is 2. The molecule has 0 saturated carbocycles. The maximum atomic E-state index is 12.4. The van der Waals surface area contributed by atoms with Crippen LogP contribution in [0.4, 0.5) is 11.4 Å². The van der Waals surface area contributed by atoms with Gasteiger partial charge in [0.05, 0.1) is 0 Å². The summed E-state index contributed by atoms with van der Waals surface area (Å²) in [5.74, 6) is 0.256. The number of carbonyl (C=O) groups is 1. The lowest BCUT2D eigenvalue weighted by Gasteiger charge is -2.36. The van der Waals surface area contributed by atoms with Gasteiger partial charge in [-0.2, -0.15) is 0 Å². The molecule has 1 heterocycles. The summed E-state index contributed by atoms with van der Waals surface area (Å²) in [4.78, 5) is 17.4. The van der Waals surface area contributed by atoms with E-state index in [1.54, 1.807) is 0 Å².